The van der Waals surface area contributed by atoms with Gasteiger partial charge in [-0.05, 0) is 25.3 Å². The molecule has 1 fully saturated rings. The summed E-state index contributed by atoms with van der Waals surface area (Å²) < 4.78 is 0. The minimum Gasteiger partial charge on any atom is -0.396 e. The fourth-order valence-corrected chi connectivity index (χ4v) is 2.83. The SMILES string of the molecule is CCC1(c2ccc(C)cc2)CC(=O)N(CCCO)C1=O. The molecule has 1 aliphatic rings. The third-order valence-electron chi connectivity index (χ3n) is 4.16. The van der Waals surface area contributed by atoms with E-state index in [1.54, 1.807) is 0 Å². The van der Waals surface area contributed by atoms with E-state index in [1.807, 2.05) is 38.1 Å². The number of hydrogen-bond donors (Lipinski definition) is 1. The number of likely N-dealkylation sites (tertiary alicyclic amines) is 1. The van der Waals surface area contributed by atoms with Gasteiger partial charge < -0.3 is 5.11 Å². The molecule has 108 valence electrons. The summed E-state index contributed by atoms with van der Waals surface area (Å²) in [5, 5.41) is 8.88. The highest BCUT2D eigenvalue weighted by molar-refractivity contribution is 6.09. The van der Waals surface area contributed by atoms with Gasteiger partial charge in [0, 0.05) is 19.6 Å². The van der Waals surface area contributed by atoms with Gasteiger partial charge >= 0.3 is 0 Å². The summed E-state index contributed by atoms with van der Waals surface area (Å²) in [6.45, 7) is 4.24. The van der Waals surface area contributed by atoms with Crippen LogP contribution in [0, 0.1) is 6.92 Å². The van der Waals surface area contributed by atoms with E-state index in [4.69, 9.17) is 5.11 Å². The number of aliphatic hydroxyl groups excluding tert-OH is 1. The summed E-state index contributed by atoms with van der Waals surface area (Å²) in [6, 6.07) is 7.83. The van der Waals surface area contributed by atoms with Crippen LogP contribution in [-0.4, -0.2) is 35.0 Å². The highest BCUT2D eigenvalue weighted by Gasteiger charge is 2.50. The van der Waals surface area contributed by atoms with E-state index in [2.05, 4.69) is 0 Å². The van der Waals surface area contributed by atoms with Crippen LogP contribution in [0.1, 0.15) is 37.3 Å². The summed E-state index contributed by atoms with van der Waals surface area (Å²) in [5.41, 5.74) is 1.32. The second-order valence-corrected chi connectivity index (χ2v) is 5.41. The first-order valence-electron chi connectivity index (χ1n) is 7.08. The van der Waals surface area contributed by atoms with Crippen LogP contribution in [0.4, 0.5) is 0 Å². The average Bonchev–Trinajstić information content (AvgIpc) is 2.69. The summed E-state index contributed by atoms with van der Waals surface area (Å²) >= 11 is 0. The van der Waals surface area contributed by atoms with Crippen molar-refractivity contribution in [3.8, 4) is 0 Å². The number of rotatable bonds is 5. The molecule has 1 aliphatic heterocycles. The Bertz CT molecular complexity index is 509. The number of aliphatic hydroxyl groups is 1. The van der Waals surface area contributed by atoms with E-state index < -0.39 is 5.41 Å². The quantitative estimate of drug-likeness (QED) is 0.833. The molecule has 20 heavy (non-hydrogen) atoms. The zero-order valence-corrected chi connectivity index (χ0v) is 12.1. The first-order chi connectivity index (χ1) is 9.55. The predicted octanol–water partition coefficient (Wildman–Crippen LogP) is 1.78. The lowest BCUT2D eigenvalue weighted by Crippen LogP contribution is -2.38. The normalized spacial score (nSPS) is 22.6. The van der Waals surface area contributed by atoms with Crippen molar-refractivity contribution in [1.29, 1.82) is 0 Å². The molecule has 1 heterocycles. The lowest BCUT2D eigenvalue weighted by molar-refractivity contribution is -0.140. The number of nitrogens with zero attached hydrogens (tertiary/aromatic N) is 1. The monoisotopic (exact) mass is 275 g/mol. The molecule has 1 unspecified atom stereocenters. The fraction of sp³-hybridized carbons (Fsp3) is 0.500. The summed E-state index contributed by atoms with van der Waals surface area (Å²) in [5.74, 6) is -0.256. The number of imide groups is 1. The van der Waals surface area contributed by atoms with Crippen LogP contribution >= 0.6 is 0 Å². The number of hydrogen-bond acceptors (Lipinski definition) is 3. The Balaban J connectivity index is 2.34. The molecule has 2 amide bonds. The average molecular weight is 275 g/mol. The maximum atomic E-state index is 12.7. The summed E-state index contributed by atoms with van der Waals surface area (Å²) in [7, 11) is 0. The Morgan fingerprint density at radius 2 is 1.90 bits per heavy atom. The van der Waals surface area contributed by atoms with Crippen LogP contribution < -0.4 is 0 Å². The zero-order valence-electron chi connectivity index (χ0n) is 12.1. The zero-order chi connectivity index (χ0) is 14.8. The van der Waals surface area contributed by atoms with Crippen molar-refractivity contribution in [2.24, 2.45) is 0 Å². The molecule has 1 aromatic carbocycles. The van der Waals surface area contributed by atoms with Crippen molar-refractivity contribution in [1.82, 2.24) is 4.90 Å². The van der Waals surface area contributed by atoms with Crippen molar-refractivity contribution >= 4 is 11.8 Å². The van der Waals surface area contributed by atoms with E-state index in [1.165, 1.54) is 4.90 Å². The number of benzene rings is 1. The molecule has 0 spiro atoms. The molecule has 0 aromatic heterocycles. The van der Waals surface area contributed by atoms with Gasteiger partial charge in [-0.15, -0.1) is 0 Å². The van der Waals surface area contributed by atoms with Gasteiger partial charge in [0.05, 0.1) is 5.41 Å². The number of carbonyl (C=O) groups excluding carboxylic acids is 2. The minimum absolute atomic E-state index is 0.0132. The van der Waals surface area contributed by atoms with Gasteiger partial charge in [0.2, 0.25) is 11.8 Å². The largest absolute Gasteiger partial charge is 0.396 e. The van der Waals surface area contributed by atoms with Crippen molar-refractivity contribution in [2.45, 2.75) is 38.5 Å². The Kier molecular flexibility index (Phi) is 4.23. The molecule has 2 rings (SSSR count). The van der Waals surface area contributed by atoms with Gasteiger partial charge in [0.1, 0.15) is 0 Å². The van der Waals surface area contributed by atoms with Crippen molar-refractivity contribution in [2.75, 3.05) is 13.2 Å². The lowest BCUT2D eigenvalue weighted by Gasteiger charge is -2.26. The van der Waals surface area contributed by atoms with Crippen LogP contribution in [0.2, 0.25) is 0 Å². The van der Waals surface area contributed by atoms with Gasteiger partial charge in [-0.25, -0.2) is 0 Å². The first kappa shape index (κ1) is 14.7. The molecule has 4 nitrogen and oxygen atoms in total. The molecule has 0 bridgehead atoms. The molecule has 1 saturated heterocycles. The van der Waals surface area contributed by atoms with Gasteiger partial charge in [-0.2, -0.15) is 0 Å². The molecule has 0 radical (unpaired) electrons. The standard InChI is InChI=1S/C16H21NO3/c1-3-16(13-7-5-12(2)6-8-13)11-14(19)17(15(16)20)9-4-10-18/h5-8,18H,3-4,9-11H2,1-2H3. The van der Waals surface area contributed by atoms with E-state index in [0.29, 0.717) is 19.4 Å². The van der Waals surface area contributed by atoms with E-state index in [-0.39, 0.29) is 24.8 Å². The third-order valence-corrected chi connectivity index (χ3v) is 4.16. The van der Waals surface area contributed by atoms with Crippen LogP contribution in [0.3, 0.4) is 0 Å². The molecule has 1 aromatic rings. The molecule has 4 heteroatoms. The van der Waals surface area contributed by atoms with Crippen LogP contribution in [0.5, 0.6) is 0 Å². The molecular weight excluding hydrogens is 254 g/mol. The molecule has 1 N–H and O–H groups in total. The van der Waals surface area contributed by atoms with Gasteiger partial charge in [-0.1, -0.05) is 36.8 Å². The van der Waals surface area contributed by atoms with E-state index in [0.717, 1.165) is 11.1 Å². The van der Waals surface area contributed by atoms with Gasteiger partial charge in [-0.3, -0.25) is 14.5 Å². The van der Waals surface area contributed by atoms with Crippen molar-refractivity contribution in [3.05, 3.63) is 35.4 Å². The fourth-order valence-electron chi connectivity index (χ4n) is 2.83. The molecule has 0 aliphatic carbocycles. The van der Waals surface area contributed by atoms with Gasteiger partial charge in [0.15, 0.2) is 0 Å². The van der Waals surface area contributed by atoms with Crippen molar-refractivity contribution in [3.63, 3.8) is 0 Å². The third kappa shape index (κ3) is 2.36. The summed E-state index contributed by atoms with van der Waals surface area (Å²) in [4.78, 5) is 26.1. The minimum atomic E-state index is -0.722. The topological polar surface area (TPSA) is 57.6 Å². The number of aryl methyl sites for hydroxylation is 1. The molecule has 1 atom stereocenters. The number of amides is 2. The Morgan fingerprint density at radius 1 is 1.25 bits per heavy atom. The molecule has 0 saturated carbocycles. The Morgan fingerprint density at radius 3 is 2.45 bits per heavy atom. The van der Waals surface area contributed by atoms with Crippen molar-refractivity contribution < 1.29 is 14.7 Å². The highest BCUT2D eigenvalue weighted by Crippen LogP contribution is 2.39. The first-order valence-corrected chi connectivity index (χ1v) is 7.08. The smallest absolute Gasteiger partial charge is 0.240 e. The highest BCUT2D eigenvalue weighted by atomic mass is 16.3. The molecular formula is C16H21NO3. The van der Waals surface area contributed by atoms with Crippen LogP contribution in [0.25, 0.3) is 0 Å². The predicted molar refractivity (Wildman–Crippen MR) is 76.2 cm³/mol. The lowest BCUT2D eigenvalue weighted by atomic mass is 9.76. The number of carbonyl (C=O) groups is 2. The second kappa shape index (κ2) is 5.75. The maximum Gasteiger partial charge on any atom is 0.240 e. The second-order valence-electron chi connectivity index (χ2n) is 5.41. The van der Waals surface area contributed by atoms with Gasteiger partial charge in [0.25, 0.3) is 0 Å². The van der Waals surface area contributed by atoms with E-state index in [9.17, 15) is 9.59 Å². The summed E-state index contributed by atoms with van der Waals surface area (Å²) in [6.07, 6.45) is 1.28. The Labute approximate surface area is 119 Å². The maximum absolute atomic E-state index is 12.7. The van der Waals surface area contributed by atoms with E-state index >= 15 is 0 Å². The Hall–Kier alpha value is -1.68. The van der Waals surface area contributed by atoms with Crippen LogP contribution in [-0.2, 0) is 15.0 Å². The van der Waals surface area contributed by atoms with Crippen LogP contribution in [0.15, 0.2) is 24.3 Å².